The Bertz CT molecular complexity index is 1670. The van der Waals surface area contributed by atoms with Crippen LogP contribution in [0, 0.1) is 12.7 Å². The van der Waals surface area contributed by atoms with Crippen molar-refractivity contribution >= 4 is 22.3 Å². The predicted octanol–water partition coefficient (Wildman–Crippen LogP) is 4.78. The van der Waals surface area contributed by atoms with Crippen molar-refractivity contribution in [3.8, 4) is 0 Å². The third kappa shape index (κ3) is 5.88. The summed E-state index contributed by atoms with van der Waals surface area (Å²) in [6.45, 7) is 6.42. The maximum atomic E-state index is 15.6. The quantitative estimate of drug-likeness (QED) is 0.321. The van der Waals surface area contributed by atoms with E-state index in [0.29, 0.717) is 36.7 Å². The van der Waals surface area contributed by atoms with Gasteiger partial charge in [-0.05, 0) is 81.0 Å². The Labute approximate surface area is 251 Å². The zero-order chi connectivity index (χ0) is 29.5. The van der Waals surface area contributed by atoms with Gasteiger partial charge in [-0.2, -0.15) is 0 Å². The molecule has 4 aromatic rings. The van der Waals surface area contributed by atoms with E-state index in [1.54, 1.807) is 6.20 Å². The maximum Gasteiger partial charge on any atom is 0.193 e. The van der Waals surface area contributed by atoms with Crippen molar-refractivity contribution in [3.05, 3.63) is 94.0 Å². The highest BCUT2D eigenvalue weighted by Crippen LogP contribution is 2.38. The number of hydrogen-bond donors (Lipinski definition) is 1. The summed E-state index contributed by atoms with van der Waals surface area (Å²) in [7, 11) is 0. The van der Waals surface area contributed by atoms with E-state index >= 15 is 4.39 Å². The fourth-order valence-electron chi connectivity index (χ4n) is 6.93. The summed E-state index contributed by atoms with van der Waals surface area (Å²) in [6, 6.07) is 12.3. The van der Waals surface area contributed by atoms with Crippen molar-refractivity contribution in [1.82, 2.24) is 19.4 Å². The first-order chi connectivity index (χ1) is 20.9. The van der Waals surface area contributed by atoms with E-state index in [4.69, 9.17) is 5.73 Å². The molecule has 1 saturated carbocycles. The van der Waals surface area contributed by atoms with E-state index in [1.165, 1.54) is 11.6 Å². The molecule has 0 radical (unpaired) electrons. The van der Waals surface area contributed by atoms with Gasteiger partial charge in [-0.1, -0.05) is 0 Å². The molecule has 0 bridgehead atoms. The average Bonchev–Trinajstić information content (AvgIpc) is 3.78. The molecule has 5 heterocycles. The lowest BCUT2D eigenvalue weighted by Gasteiger charge is -2.40. The third-order valence-corrected chi connectivity index (χ3v) is 9.32. The molecule has 2 atom stereocenters. The number of rotatable bonds is 8. The zero-order valence-corrected chi connectivity index (χ0v) is 24.8. The van der Waals surface area contributed by atoms with Crippen LogP contribution in [0.15, 0.2) is 66.0 Å². The Hall–Kier alpha value is -3.82. The van der Waals surface area contributed by atoms with Gasteiger partial charge >= 0.3 is 0 Å². The number of piperidine rings is 1. The minimum absolute atomic E-state index is 0.0483. The molecule has 2 aliphatic heterocycles. The number of benzene rings is 1. The minimum atomic E-state index is -0.346. The van der Waals surface area contributed by atoms with Crippen LogP contribution in [0.3, 0.4) is 0 Å². The van der Waals surface area contributed by atoms with Gasteiger partial charge in [0.25, 0.3) is 0 Å². The van der Waals surface area contributed by atoms with Gasteiger partial charge in [0.1, 0.15) is 5.82 Å². The number of aromatic nitrogens is 3. The summed E-state index contributed by atoms with van der Waals surface area (Å²) in [5.74, 6) is -0.346. The second kappa shape index (κ2) is 11.7. The standard InChI is InChI=1S/C34H40FN7O/c1-23-14-24(8-11-38-23)18-41(29-5-3-12-39(22-29)28-4-2-10-37-17-28)19-25-20-42(27-6-7-27)32-16-33(40-13-9-26(36)21-40)31(35)15-30(32)34(25)43/h2,4,8,10-11,14-17,20,26-27,29H,3,5-7,9,12-13,18-19,21-22,36H2,1H3/t26-,29+/m1/s1. The first kappa shape index (κ1) is 28.0. The Balaban J connectivity index is 1.26. The van der Waals surface area contributed by atoms with Gasteiger partial charge < -0.3 is 20.1 Å². The molecule has 2 saturated heterocycles. The molecule has 1 aliphatic carbocycles. The smallest absolute Gasteiger partial charge is 0.193 e. The monoisotopic (exact) mass is 581 g/mol. The summed E-state index contributed by atoms with van der Waals surface area (Å²) < 4.78 is 17.8. The third-order valence-electron chi connectivity index (χ3n) is 9.32. The first-order valence-electron chi connectivity index (χ1n) is 15.6. The van der Waals surface area contributed by atoms with Crippen LogP contribution in [0.2, 0.25) is 0 Å². The van der Waals surface area contributed by atoms with Crippen molar-refractivity contribution < 1.29 is 4.39 Å². The lowest BCUT2D eigenvalue weighted by atomic mass is 10.0. The van der Waals surface area contributed by atoms with Crippen LogP contribution in [0.25, 0.3) is 10.9 Å². The lowest BCUT2D eigenvalue weighted by molar-refractivity contribution is 0.158. The lowest BCUT2D eigenvalue weighted by Crippen LogP contribution is -2.48. The molecule has 3 fully saturated rings. The molecule has 2 N–H and O–H groups in total. The second-order valence-corrected chi connectivity index (χ2v) is 12.6. The van der Waals surface area contributed by atoms with Gasteiger partial charge in [0.05, 0.1) is 23.1 Å². The van der Waals surface area contributed by atoms with Crippen LogP contribution in [-0.4, -0.2) is 57.7 Å². The van der Waals surface area contributed by atoms with E-state index in [-0.39, 0.29) is 23.3 Å². The molecule has 0 spiro atoms. The molecule has 7 rings (SSSR count). The molecular weight excluding hydrogens is 541 g/mol. The molecule has 3 aliphatic rings. The topological polar surface area (TPSA) is 83.5 Å². The Kier molecular flexibility index (Phi) is 7.61. The maximum absolute atomic E-state index is 15.6. The molecule has 9 heteroatoms. The van der Waals surface area contributed by atoms with Crippen molar-refractivity contribution in [2.45, 2.75) is 70.2 Å². The van der Waals surface area contributed by atoms with Crippen LogP contribution in [0.4, 0.5) is 15.8 Å². The summed E-state index contributed by atoms with van der Waals surface area (Å²) in [5.41, 5.74) is 11.4. The molecule has 1 aromatic carbocycles. The van der Waals surface area contributed by atoms with Gasteiger partial charge in [-0.25, -0.2) is 4.39 Å². The number of fused-ring (bicyclic) bond motifs is 1. The molecule has 43 heavy (non-hydrogen) atoms. The highest BCUT2D eigenvalue weighted by molar-refractivity contribution is 5.84. The van der Waals surface area contributed by atoms with Crippen molar-refractivity contribution in [2.75, 3.05) is 36.0 Å². The van der Waals surface area contributed by atoms with E-state index in [1.807, 2.05) is 36.4 Å². The number of nitrogens with two attached hydrogens (primary N) is 1. The molecule has 0 amide bonds. The predicted molar refractivity (Wildman–Crippen MR) is 169 cm³/mol. The summed E-state index contributed by atoms with van der Waals surface area (Å²) >= 11 is 0. The second-order valence-electron chi connectivity index (χ2n) is 12.6. The number of aryl methyl sites for hydroxylation is 1. The Morgan fingerprint density at radius 2 is 1.91 bits per heavy atom. The van der Waals surface area contributed by atoms with Gasteiger partial charge in [-0.3, -0.25) is 19.7 Å². The van der Waals surface area contributed by atoms with E-state index in [2.05, 4.69) is 48.7 Å². The van der Waals surface area contributed by atoms with E-state index in [0.717, 1.165) is 74.2 Å². The number of halogens is 1. The summed E-state index contributed by atoms with van der Waals surface area (Å²) in [6.07, 6.45) is 12.7. The van der Waals surface area contributed by atoms with Gasteiger partial charge in [0.15, 0.2) is 5.43 Å². The van der Waals surface area contributed by atoms with Crippen LogP contribution in [0.5, 0.6) is 0 Å². The molecule has 3 aromatic heterocycles. The van der Waals surface area contributed by atoms with Gasteiger partial charge in [0, 0.05) is 92.6 Å². The summed E-state index contributed by atoms with van der Waals surface area (Å²) in [5, 5.41) is 0.467. The van der Waals surface area contributed by atoms with Crippen molar-refractivity contribution in [3.63, 3.8) is 0 Å². The van der Waals surface area contributed by atoms with Crippen molar-refractivity contribution in [2.24, 2.45) is 5.73 Å². The van der Waals surface area contributed by atoms with Crippen LogP contribution < -0.4 is 21.0 Å². The SMILES string of the molecule is Cc1cc(CN(Cc2cn(C3CC3)c3cc(N4CC[C@@H](N)C4)c(F)cc3c2=O)[C@H]2CCCN(c3cccnc3)C2)ccn1. The molecule has 224 valence electrons. The highest BCUT2D eigenvalue weighted by Gasteiger charge is 2.30. The highest BCUT2D eigenvalue weighted by atomic mass is 19.1. The van der Waals surface area contributed by atoms with Crippen LogP contribution in [-0.2, 0) is 13.1 Å². The van der Waals surface area contributed by atoms with E-state index in [9.17, 15) is 4.79 Å². The fourth-order valence-corrected chi connectivity index (χ4v) is 6.93. The average molecular weight is 582 g/mol. The largest absolute Gasteiger partial charge is 0.369 e. The molecule has 0 unspecified atom stereocenters. The molecule has 8 nitrogen and oxygen atoms in total. The van der Waals surface area contributed by atoms with E-state index < -0.39 is 0 Å². The van der Waals surface area contributed by atoms with Crippen molar-refractivity contribution in [1.29, 1.82) is 0 Å². The normalized spacial score (nSPS) is 20.8. The van der Waals surface area contributed by atoms with Crippen LogP contribution >= 0.6 is 0 Å². The Morgan fingerprint density at radius 1 is 1.02 bits per heavy atom. The van der Waals surface area contributed by atoms with Gasteiger partial charge in [-0.15, -0.1) is 0 Å². The first-order valence-corrected chi connectivity index (χ1v) is 15.6. The Morgan fingerprint density at radius 3 is 2.65 bits per heavy atom. The minimum Gasteiger partial charge on any atom is -0.369 e. The molecular formula is C34H40FN7O. The number of anilines is 2. The number of nitrogens with zero attached hydrogens (tertiary/aromatic N) is 6. The van der Waals surface area contributed by atoms with Gasteiger partial charge in [0.2, 0.25) is 0 Å². The number of pyridine rings is 3. The number of hydrogen-bond acceptors (Lipinski definition) is 7. The zero-order valence-electron chi connectivity index (χ0n) is 24.8. The fraction of sp³-hybridized carbons (Fsp3) is 0.441. The van der Waals surface area contributed by atoms with Crippen LogP contribution in [0.1, 0.15) is 55.0 Å². The summed E-state index contributed by atoms with van der Waals surface area (Å²) in [4.78, 5) is 29.7.